The minimum absolute atomic E-state index is 0.0620. The topological polar surface area (TPSA) is 163 Å². The molecule has 2 unspecified atom stereocenters. The van der Waals surface area contributed by atoms with Gasteiger partial charge in [0.25, 0.3) is 0 Å². The van der Waals surface area contributed by atoms with Crippen molar-refractivity contribution in [1.29, 1.82) is 0 Å². The summed E-state index contributed by atoms with van der Waals surface area (Å²) in [4.78, 5) is 59.7. The molecule has 3 aromatic rings. The average Bonchev–Trinajstić information content (AvgIpc) is 3.54. The number of aromatic nitrogens is 2. The molecule has 5 N–H and O–H groups in total. The highest BCUT2D eigenvalue weighted by Gasteiger charge is 2.31. The summed E-state index contributed by atoms with van der Waals surface area (Å²) in [6.45, 7) is 5.74. The number of nitrogens with zero attached hydrogens (tertiary/aromatic N) is 1. The van der Waals surface area contributed by atoms with Gasteiger partial charge < -0.3 is 30.8 Å². The molecule has 248 valence electrons. The van der Waals surface area contributed by atoms with Crippen molar-refractivity contribution in [1.82, 2.24) is 25.9 Å². The molecule has 46 heavy (non-hydrogen) atoms. The van der Waals surface area contributed by atoms with Crippen molar-refractivity contribution < 1.29 is 29.0 Å². The number of nitrogens with one attached hydrogen (secondary N) is 4. The fourth-order valence-corrected chi connectivity index (χ4v) is 5.15. The fourth-order valence-electron chi connectivity index (χ4n) is 5.15. The molecule has 4 atom stereocenters. The van der Waals surface area contributed by atoms with Gasteiger partial charge in [0.15, 0.2) is 0 Å². The maximum absolute atomic E-state index is 13.8. The zero-order chi connectivity index (χ0) is 33.3. The van der Waals surface area contributed by atoms with E-state index in [-0.39, 0.29) is 44.1 Å². The predicted molar refractivity (Wildman–Crippen MR) is 174 cm³/mol. The van der Waals surface area contributed by atoms with Gasteiger partial charge in [-0.3, -0.25) is 19.2 Å². The SMILES string of the molecule is CCOC(=O)CC(O)C(CC(C)C)NC(=O)[C@@H](Cc1c[nH]cn1)NC(=O)[C@H](Cc1ccccc1)NC(=O)CCCc1ccccc1. The monoisotopic (exact) mass is 633 g/mol. The molecule has 0 spiro atoms. The maximum Gasteiger partial charge on any atom is 0.308 e. The molecule has 0 bridgehead atoms. The van der Waals surface area contributed by atoms with Crippen LogP contribution < -0.4 is 16.0 Å². The molecule has 0 aliphatic rings. The quantitative estimate of drug-likeness (QED) is 0.127. The van der Waals surface area contributed by atoms with E-state index in [1.807, 2.05) is 74.5 Å². The lowest BCUT2D eigenvalue weighted by Gasteiger charge is -2.28. The van der Waals surface area contributed by atoms with Gasteiger partial charge in [0.05, 0.1) is 37.2 Å². The van der Waals surface area contributed by atoms with Gasteiger partial charge in [-0.25, -0.2) is 4.98 Å². The van der Waals surface area contributed by atoms with Crippen LogP contribution in [0, 0.1) is 5.92 Å². The molecule has 11 heteroatoms. The van der Waals surface area contributed by atoms with E-state index >= 15 is 0 Å². The van der Waals surface area contributed by atoms with Crippen LogP contribution in [0.2, 0.25) is 0 Å². The van der Waals surface area contributed by atoms with Crippen molar-refractivity contribution in [2.24, 2.45) is 5.92 Å². The highest BCUT2D eigenvalue weighted by atomic mass is 16.5. The van der Waals surface area contributed by atoms with Gasteiger partial charge in [-0.15, -0.1) is 0 Å². The Bertz CT molecular complexity index is 1350. The standard InChI is InChI=1S/C35H47N5O6/c1-4-46-33(43)21-31(41)28(18-24(2)3)39-35(45)30(20-27-22-36-23-37-27)40-34(44)29(19-26-14-9-6-10-15-26)38-32(42)17-11-16-25-12-7-5-8-13-25/h5-10,12-15,22-24,28-31,41H,4,11,16-21H2,1-3H3,(H,36,37)(H,38,42)(H,39,45)(H,40,44)/t28?,29-,30+,31?/m0/s1. The number of benzene rings is 2. The molecule has 1 aromatic heterocycles. The average molecular weight is 634 g/mol. The molecule has 0 aliphatic carbocycles. The van der Waals surface area contributed by atoms with Gasteiger partial charge in [-0.1, -0.05) is 74.5 Å². The summed E-state index contributed by atoms with van der Waals surface area (Å²) >= 11 is 0. The molecule has 0 saturated heterocycles. The summed E-state index contributed by atoms with van der Waals surface area (Å²) in [6, 6.07) is 16.4. The second kappa shape index (κ2) is 19.1. The number of carbonyl (C=O) groups is 4. The van der Waals surface area contributed by atoms with E-state index in [2.05, 4.69) is 25.9 Å². The molecule has 3 amide bonds. The van der Waals surface area contributed by atoms with Crippen LogP contribution in [0.5, 0.6) is 0 Å². The number of aliphatic hydroxyl groups is 1. The Balaban J connectivity index is 1.75. The van der Waals surface area contributed by atoms with Crippen molar-refractivity contribution >= 4 is 23.7 Å². The molecule has 1 heterocycles. The lowest BCUT2D eigenvalue weighted by molar-refractivity contribution is -0.146. The number of carbonyl (C=O) groups excluding carboxylic acids is 4. The Labute approximate surface area is 270 Å². The van der Waals surface area contributed by atoms with E-state index < -0.39 is 42.0 Å². The second-order valence-corrected chi connectivity index (χ2v) is 11.8. The molecular formula is C35H47N5O6. The van der Waals surface area contributed by atoms with E-state index in [0.29, 0.717) is 18.5 Å². The summed E-state index contributed by atoms with van der Waals surface area (Å²) in [5, 5.41) is 19.4. The third-order valence-corrected chi connectivity index (χ3v) is 7.45. The minimum atomic E-state index is -1.19. The number of aromatic amines is 1. The lowest BCUT2D eigenvalue weighted by atomic mass is 9.96. The molecule has 11 nitrogen and oxygen atoms in total. The first kappa shape index (κ1) is 36.0. The summed E-state index contributed by atoms with van der Waals surface area (Å²) in [5.41, 5.74) is 2.52. The first-order valence-corrected chi connectivity index (χ1v) is 15.9. The van der Waals surface area contributed by atoms with Crippen molar-refractivity contribution in [3.05, 3.63) is 90.0 Å². The Morgan fingerprint density at radius 3 is 2.11 bits per heavy atom. The number of H-pyrrole nitrogens is 1. The number of rotatable bonds is 19. The third kappa shape index (κ3) is 12.8. The molecule has 2 aromatic carbocycles. The number of esters is 1. The number of amides is 3. The van der Waals surface area contributed by atoms with Gasteiger partial charge in [0, 0.05) is 25.5 Å². The maximum atomic E-state index is 13.8. The lowest BCUT2D eigenvalue weighted by Crippen LogP contribution is -2.57. The molecule has 0 radical (unpaired) electrons. The van der Waals surface area contributed by atoms with Gasteiger partial charge >= 0.3 is 5.97 Å². The number of hydrogen-bond acceptors (Lipinski definition) is 7. The Morgan fingerprint density at radius 1 is 0.870 bits per heavy atom. The largest absolute Gasteiger partial charge is 0.466 e. The third-order valence-electron chi connectivity index (χ3n) is 7.45. The molecule has 0 saturated carbocycles. The molecule has 0 aliphatic heterocycles. The summed E-state index contributed by atoms with van der Waals surface area (Å²) < 4.78 is 4.98. The van der Waals surface area contributed by atoms with E-state index in [0.717, 1.165) is 17.5 Å². The van der Waals surface area contributed by atoms with E-state index in [1.54, 1.807) is 13.1 Å². The van der Waals surface area contributed by atoms with E-state index in [1.165, 1.54) is 6.33 Å². The van der Waals surface area contributed by atoms with Crippen molar-refractivity contribution in [3.63, 3.8) is 0 Å². The summed E-state index contributed by atoms with van der Waals surface area (Å²) in [7, 11) is 0. The summed E-state index contributed by atoms with van der Waals surface area (Å²) in [6.07, 6.45) is 3.90. The highest BCUT2D eigenvalue weighted by molar-refractivity contribution is 5.92. The van der Waals surface area contributed by atoms with Crippen LogP contribution >= 0.6 is 0 Å². The van der Waals surface area contributed by atoms with Crippen LogP contribution in [0.4, 0.5) is 0 Å². The Morgan fingerprint density at radius 2 is 1.50 bits per heavy atom. The Hall–Kier alpha value is -4.51. The second-order valence-electron chi connectivity index (χ2n) is 11.8. The number of imidazole rings is 1. The van der Waals surface area contributed by atoms with Crippen LogP contribution in [-0.4, -0.2) is 69.6 Å². The van der Waals surface area contributed by atoms with Crippen molar-refractivity contribution in [3.8, 4) is 0 Å². The predicted octanol–water partition coefficient (Wildman–Crippen LogP) is 3.03. The van der Waals surface area contributed by atoms with E-state index in [4.69, 9.17) is 4.74 Å². The molecular weight excluding hydrogens is 586 g/mol. The molecule has 3 rings (SSSR count). The van der Waals surface area contributed by atoms with Crippen molar-refractivity contribution in [2.75, 3.05) is 6.61 Å². The van der Waals surface area contributed by atoms with Crippen LogP contribution in [0.1, 0.15) is 63.3 Å². The van der Waals surface area contributed by atoms with Crippen LogP contribution in [0.25, 0.3) is 0 Å². The minimum Gasteiger partial charge on any atom is -0.466 e. The number of ether oxygens (including phenoxy) is 1. The first-order chi connectivity index (χ1) is 22.1. The molecule has 0 fully saturated rings. The zero-order valence-electron chi connectivity index (χ0n) is 26.9. The number of aryl methyl sites for hydroxylation is 1. The zero-order valence-corrected chi connectivity index (χ0v) is 26.9. The van der Waals surface area contributed by atoms with Gasteiger partial charge in [-0.05, 0) is 43.2 Å². The van der Waals surface area contributed by atoms with Gasteiger partial charge in [-0.2, -0.15) is 0 Å². The fraction of sp³-hybridized carbons (Fsp3) is 0.457. The van der Waals surface area contributed by atoms with E-state index in [9.17, 15) is 24.3 Å². The van der Waals surface area contributed by atoms with Gasteiger partial charge in [0.1, 0.15) is 12.1 Å². The smallest absolute Gasteiger partial charge is 0.308 e. The number of hydrogen-bond donors (Lipinski definition) is 5. The van der Waals surface area contributed by atoms with Crippen LogP contribution in [0.15, 0.2) is 73.2 Å². The normalized spacial score (nSPS) is 13.7. The van der Waals surface area contributed by atoms with Crippen LogP contribution in [0.3, 0.4) is 0 Å². The van der Waals surface area contributed by atoms with Crippen LogP contribution in [-0.2, 0) is 43.2 Å². The summed E-state index contributed by atoms with van der Waals surface area (Å²) in [5.74, 6) is -1.81. The highest BCUT2D eigenvalue weighted by Crippen LogP contribution is 2.13. The first-order valence-electron chi connectivity index (χ1n) is 15.9. The van der Waals surface area contributed by atoms with Gasteiger partial charge in [0.2, 0.25) is 17.7 Å². The number of aliphatic hydroxyl groups excluding tert-OH is 1. The Kier molecular flexibility index (Phi) is 14.9. The van der Waals surface area contributed by atoms with Crippen molar-refractivity contribution in [2.45, 2.75) is 89.9 Å².